The summed E-state index contributed by atoms with van der Waals surface area (Å²) in [5, 5.41) is 0. The van der Waals surface area contributed by atoms with Gasteiger partial charge in [0.2, 0.25) is 0 Å². The van der Waals surface area contributed by atoms with Crippen molar-refractivity contribution < 1.29 is 63.1 Å². The van der Waals surface area contributed by atoms with E-state index in [1.807, 2.05) is 6.07 Å². The SMILES string of the molecule is CCOC(=O)C([NH-])(Cc1ccccc1)C(=O)OCC.[Ac]. The van der Waals surface area contributed by atoms with Crippen LogP contribution in [0.5, 0.6) is 0 Å². The Hall–Kier alpha value is -0.438. The number of benzene rings is 1. The second-order valence-electron chi connectivity index (χ2n) is 4.01. The molecule has 1 aromatic carbocycles. The molecule has 20 heavy (non-hydrogen) atoms. The van der Waals surface area contributed by atoms with Gasteiger partial charge in [-0.15, -0.1) is 0 Å². The monoisotopic (exact) mass is 491 g/mol. The first-order valence-electron chi connectivity index (χ1n) is 6.18. The quantitative estimate of drug-likeness (QED) is 0.452. The number of ether oxygens (including phenoxy) is 2. The molecule has 1 radical (unpaired) electrons. The Morgan fingerprint density at radius 2 is 1.50 bits per heavy atom. The van der Waals surface area contributed by atoms with Crippen LogP contribution in [-0.4, -0.2) is 30.7 Å². The summed E-state index contributed by atoms with van der Waals surface area (Å²) in [5.74, 6) is -1.75. The van der Waals surface area contributed by atoms with E-state index in [1.165, 1.54) is 0 Å². The molecule has 1 aromatic rings. The number of carbonyl (C=O) groups is 2. The van der Waals surface area contributed by atoms with Gasteiger partial charge >= 0.3 is 11.9 Å². The van der Waals surface area contributed by atoms with Crippen molar-refractivity contribution in [3.63, 3.8) is 0 Å². The Bertz CT molecular complexity index is 418. The average molecular weight is 491 g/mol. The summed E-state index contributed by atoms with van der Waals surface area (Å²) in [7, 11) is 0. The Balaban J connectivity index is 0.00000361. The van der Waals surface area contributed by atoms with E-state index < -0.39 is 17.5 Å². The zero-order chi connectivity index (χ0) is 14.3. The molecule has 0 atom stereocenters. The Morgan fingerprint density at radius 3 is 1.90 bits per heavy atom. The van der Waals surface area contributed by atoms with Crippen LogP contribution >= 0.6 is 0 Å². The van der Waals surface area contributed by atoms with Gasteiger partial charge in [-0.05, 0) is 25.8 Å². The maximum atomic E-state index is 11.9. The van der Waals surface area contributed by atoms with Gasteiger partial charge in [0.25, 0.3) is 0 Å². The molecule has 107 valence electrons. The fourth-order valence-electron chi connectivity index (χ4n) is 1.64. The molecular formula is C14H18AcNO4-. The van der Waals surface area contributed by atoms with Crippen molar-refractivity contribution in [1.29, 1.82) is 0 Å². The van der Waals surface area contributed by atoms with Gasteiger partial charge in [0, 0.05) is 44.1 Å². The number of hydrogen-bond acceptors (Lipinski definition) is 4. The maximum Gasteiger partial charge on any atom is 0.302 e. The van der Waals surface area contributed by atoms with Crippen LogP contribution in [-0.2, 0) is 25.5 Å². The van der Waals surface area contributed by atoms with Crippen molar-refractivity contribution in [1.82, 2.24) is 0 Å². The summed E-state index contributed by atoms with van der Waals surface area (Å²) in [6, 6.07) is 8.89. The molecule has 0 heterocycles. The number of nitrogens with one attached hydrogen (secondary N) is 1. The molecule has 0 amide bonds. The van der Waals surface area contributed by atoms with Crippen molar-refractivity contribution >= 4 is 11.9 Å². The third-order valence-electron chi connectivity index (χ3n) is 2.56. The van der Waals surface area contributed by atoms with Crippen molar-refractivity contribution in [2.24, 2.45) is 0 Å². The summed E-state index contributed by atoms with van der Waals surface area (Å²) in [6.07, 6.45) is -0.0640. The topological polar surface area (TPSA) is 76.4 Å². The predicted octanol–water partition coefficient (Wildman–Crippen LogP) is 2.15. The first kappa shape index (κ1) is 19.6. The number of hydrogen-bond donors (Lipinski definition) is 0. The van der Waals surface area contributed by atoms with E-state index >= 15 is 0 Å². The molecule has 0 saturated heterocycles. The van der Waals surface area contributed by atoms with Gasteiger partial charge in [0.1, 0.15) is 0 Å². The van der Waals surface area contributed by atoms with E-state index in [1.54, 1.807) is 38.1 Å². The van der Waals surface area contributed by atoms with Crippen molar-refractivity contribution in [3.8, 4) is 0 Å². The molecule has 0 unspecified atom stereocenters. The molecule has 1 N–H and O–H groups in total. The van der Waals surface area contributed by atoms with E-state index in [-0.39, 0.29) is 63.7 Å². The Labute approximate surface area is 154 Å². The summed E-state index contributed by atoms with van der Waals surface area (Å²) in [4.78, 5) is 23.8. The van der Waals surface area contributed by atoms with Gasteiger partial charge in [0.05, 0.1) is 18.8 Å². The maximum absolute atomic E-state index is 11.9. The number of esters is 2. The normalized spacial score (nSPS) is 10.3. The minimum Gasteiger partial charge on any atom is -0.653 e. The predicted molar refractivity (Wildman–Crippen MR) is 70.5 cm³/mol. The zero-order valence-electron chi connectivity index (χ0n) is 11.7. The molecule has 0 aliphatic heterocycles. The van der Waals surface area contributed by atoms with Crippen LogP contribution in [0.25, 0.3) is 5.73 Å². The zero-order valence-corrected chi connectivity index (χ0v) is 16.5. The van der Waals surface area contributed by atoms with Gasteiger partial charge < -0.3 is 15.2 Å². The van der Waals surface area contributed by atoms with E-state index in [2.05, 4.69) is 0 Å². The average Bonchev–Trinajstić information content (AvgIpc) is 2.40. The number of carbonyl (C=O) groups excluding carboxylic acids is 2. The molecule has 0 fully saturated rings. The smallest absolute Gasteiger partial charge is 0.302 e. The first-order chi connectivity index (χ1) is 9.04. The summed E-state index contributed by atoms with van der Waals surface area (Å²) in [5.41, 5.74) is 6.79. The van der Waals surface area contributed by atoms with Gasteiger partial charge in [-0.2, -0.15) is 0 Å². The fourth-order valence-corrected chi connectivity index (χ4v) is 1.64. The molecule has 0 aliphatic rings. The molecule has 5 nitrogen and oxygen atoms in total. The van der Waals surface area contributed by atoms with E-state index in [0.29, 0.717) is 5.56 Å². The third kappa shape index (κ3) is 5.16. The van der Waals surface area contributed by atoms with Crippen LogP contribution in [0.15, 0.2) is 30.3 Å². The second kappa shape index (κ2) is 9.49. The molecular weight excluding hydrogens is 473 g/mol. The molecule has 0 aliphatic carbocycles. The van der Waals surface area contributed by atoms with Crippen molar-refractivity contribution in [2.45, 2.75) is 25.8 Å². The van der Waals surface area contributed by atoms with Crippen LogP contribution in [0.1, 0.15) is 19.4 Å². The van der Waals surface area contributed by atoms with Gasteiger partial charge in [-0.25, -0.2) is 0 Å². The largest absolute Gasteiger partial charge is 0.653 e. The van der Waals surface area contributed by atoms with E-state index in [4.69, 9.17) is 15.2 Å². The van der Waals surface area contributed by atoms with E-state index in [9.17, 15) is 9.59 Å². The minimum absolute atomic E-state index is 0. The van der Waals surface area contributed by atoms with Crippen LogP contribution in [0.3, 0.4) is 0 Å². The molecule has 6 heteroatoms. The Kier molecular flexibility index (Phi) is 9.28. The second-order valence-corrected chi connectivity index (χ2v) is 4.01. The standard InChI is InChI=1S/C14H18NO4.Ac/c1-3-18-12(16)14(15,13(17)19-4-2)10-11-8-6-5-7-9-11;/h5-9,15H,3-4,10H2,1-2H3;/q-1;. The summed E-state index contributed by atoms with van der Waals surface area (Å²) in [6.45, 7) is 3.50. The fraction of sp³-hybridized carbons (Fsp3) is 0.429. The van der Waals surface area contributed by atoms with Gasteiger partial charge in [0.15, 0.2) is 0 Å². The Morgan fingerprint density at radius 1 is 1.05 bits per heavy atom. The minimum atomic E-state index is -2.05. The van der Waals surface area contributed by atoms with Gasteiger partial charge in [-0.1, -0.05) is 30.3 Å². The van der Waals surface area contributed by atoms with Crippen LogP contribution < -0.4 is 0 Å². The number of rotatable bonds is 6. The molecule has 0 bridgehead atoms. The van der Waals surface area contributed by atoms with Crippen molar-refractivity contribution in [3.05, 3.63) is 41.6 Å². The third-order valence-corrected chi connectivity index (χ3v) is 2.56. The molecule has 0 aromatic heterocycles. The summed E-state index contributed by atoms with van der Waals surface area (Å²) < 4.78 is 9.64. The van der Waals surface area contributed by atoms with Crippen molar-refractivity contribution in [2.75, 3.05) is 13.2 Å². The molecule has 0 saturated carbocycles. The first-order valence-corrected chi connectivity index (χ1v) is 6.18. The molecule has 1 rings (SSSR count). The van der Waals surface area contributed by atoms with E-state index in [0.717, 1.165) is 0 Å². The van der Waals surface area contributed by atoms with Crippen LogP contribution in [0, 0.1) is 44.1 Å². The summed E-state index contributed by atoms with van der Waals surface area (Å²) >= 11 is 0. The molecule has 0 spiro atoms. The van der Waals surface area contributed by atoms with Gasteiger partial charge in [-0.3, -0.25) is 9.59 Å². The van der Waals surface area contributed by atoms with Crippen LogP contribution in [0.4, 0.5) is 0 Å². The van der Waals surface area contributed by atoms with Crippen LogP contribution in [0.2, 0.25) is 0 Å².